The number of halogens is 2. The fourth-order valence-electron chi connectivity index (χ4n) is 2.72. The number of nitrogens with zero attached hydrogens (tertiary/aromatic N) is 2. The first kappa shape index (κ1) is 13.7. The number of imidazole rings is 1. The Bertz CT molecular complexity index is 601. The molecule has 4 heteroatoms. The second-order valence-electron chi connectivity index (χ2n) is 5.64. The SMILES string of the molecule is CC(Cl)c1nc2cc(I)ccc2n1CC(C)C1CC1. The van der Waals surface area contributed by atoms with Crippen LogP contribution < -0.4 is 0 Å². The van der Waals surface area contributed by atoms with Crippen LogP contribution >= 0.6 is 34.2 Å². The van der Waals surface area contributed by atoms with Crippen molar-refractivity contribution in [3.63, 3.8) is 0 Å². The van der Waals surface area contributed by atoms with Crippen molar-refractivity contribution in [3.8, 4) is 0 Å². The molecule has 3 rings (SSSR count). The van der Waals surface area contributed by atoms with Crippen LogP contribution in [0, 0.1) is 15.4 Å². The minimum Gasteiger partial charge on any atom is -0.326 e. The zero-order valence-corrected chi connectivity index (χ0v) is 14.1. The highest BCUT2D eigenvalue weighted by atomic mass is 127. The second-order valence-corrected chi connectivity index (χ2v) is 7.54. The molecule has 1 aliphatic carbocycles. The van der Waals surface area contributed by atoms with Crippen LogP contribution in [0.25, 0.3) is 11.0 Å². The van der Waals surface area contributed by atoms with Gasteiger partial charge in [0.15, 0.2) is 0 Å². The quantitative estimate of drug-likeness (QED) is 0.533. The molecule has 2 atom stereocenters. The molecule has 0 radical (unpaired) electrons. The Balaban J connectivity index is 2.05. The molecule has 1 aromatic heterocycles. The van der Waals surface area contributed by atoms with Gasteiger partial charge in [-0.25, -0.2) is 4.98 Å². The van der Waals surface area contributed by atoms with Crippen molar-refractivity contribution in [1.82, 2.24) is 9.55 Å². The Kier molecular flexibility index (Phi) is 3.78. The van der Waals surface area contributed by atoms with E-state index in [-0.39, 0.29) is 5.38 Å². The fraction of sp³-hybridized carbons (Fsp3) is 0.533. The van der Waals surface area contributed by atoms with E-state index in [2.05, 4.69) is 52.3 Å². The van der Waals surface area contributed by atoms with E-state index >= 15 is 0 Å². The minimum atomic E-state index is -0.0449. The Labute approximate surface area is 132 Å². The van der Waals surface area contributed by atoms with Crippen molar-refractivity contribution in [2.24, 2.45) is 11.8 Å². The number of hydrogen-bond donors (Lipinski definition) is 0. The first-order valence-electron chi connectivity index (χ1n) is 6.86. The summed E-state index contributed by atoms with van der Waals surface area (Å²) < 4.78 is 3.55. The van der Waals surface area contributed by atoms with Crippen molar-refractivity contribution in [3.05, 3.63) is 27.6 Å². The third kappa shape index (κ3) is 2.77. The van der Waals surface area contributed by atoms with Crippen LogP contribution in [-0.4, -0.2) is 9.55 Å². The zero-order chi connectivity index (χ0) is 13.6. The van der Waals surface area contributed by atoms with E-state index in [9.17, 15) is 0 Å². The summed E-state index contributed by atoms with van der Waals surface area (Å²) in [6.07, 6.45) is 2.77. The minimum absolute atomic E-state index is 0.0449. The topological polar surface area (TPSA) is 17.8 Å². The molecule has 2 aromatic rings. The van der Waals surface area contributed by atoms with E-state index in [1.807, 2.05) is 6.92 Å². The zero-order valence-electron chi connectivity index (χ0n) is 11.2. The fourth-order valence-corrected chi connectivity index (χ4v) is 3.36. The molecule has 102 valence electrons. The molecule has 0 N–H and O–H groups in total. The summed E-state index contributed by atoms with van der Waals surface area (Å²) >= 11 is 8.64. The molecular formula is C15H18ClIN2. The standard InChI is InChI=1S/C15H18ClIN2/c1-9(11-3-4-11)8-19-14-6-5-12(17)7-13(14)18-15(19)10(2)16/h5-7,9-11H,3-4,8H2,1-2H3. The highest BCUT2D eigenvalue weighted by Crippen LogP contribution is 2.38. The maximum atomic E-state index is 6.31. The van der Waals surface area contributed by atoms with Crippen molar-refractivity contribution < 1.29 is 0 Å². The van der Waals surface area contributed by atoms with Gasteiger partial charge in [-0.1, -0.05) is 6.92 Å². The molecule has 0 saturated heterocycles. The van der Waals surface area contributed by atoms with Crippen LogP contribution in [0.15, 0.2) is 18.2 Å². The molecule has 1 aliphatic rings. The number of benzene rings is 1. The summed E-state index contributed by atoms with van der Waals surface area (Å²) in [5, 5.41) is -0.0449. The molecule has 2 unspecified atom stereocenters. The number of alkyl halides is 1. The summed E-state index contributed by atoms with van der Waals surface area (Å²) in [5.41, 5.74) is 2.29. The third-order valence-electron chi connectivity index (χ3n) is 3.99. The van der Waals surface area contributed by atoms with Crippen LogP contribution in [0.2, 0.25) is 0 Å². The van der Waals surface area contributed by atoms with Crippen molar-refractivity contribution in [2.45, 2.75) is 38.6 Å². The largest absolute Gasteiger partial charge is 0.326 e. The molecule has 1 aromatic carbocycles. The lowest BCUT2D eigenvalue weighted by atomic mass is 10.1. The summed E-state index contributed by atoms with van der Waals surface area (Å²) in [6.45, 7) is 5.39. The van der Waals surface area contributed by atoms with E-state index in [0.717, 1.165) is 23.8 Å². The lowest BCUT2D eigenvalue weighted by molar-refractivity contribution is 0.428. The van der Waals surface area contributed by atoms with Gasteiger partial charge in [-0.2, -0.15) is 0 Å². The molecule has 0 amide bonds. The highest BCUT2D eigenvalue weighted by molar-refractivity contribution is 14.1. The van der Waals surface area contributed by atoms with Crippen LogP contribution in [0.4, 0.5) is 0 Å². The van der Waals surface area contributed by atoms with Crippen LogP contribution in [0.3, 0.4) is 0 Å². The lowest BCUT2D eigenvalue weighted by Gasteiger charge is -2.15. The number of aromatic nitrogens is 2. The average Bonchev–Trinajstić information content (AvgIpc) is 3.13. The Hall–Kier alpha value is -0.290. The molecule has 1 fully saturated rings. The van der Waals surface area contributed by atoms with Gasteiger partial charge in [0, 0.05) is 10.1 Å². The van der Waals surface area contributed by atoms with E-state index in [0.29, 0.717) is 5.92 Å². The van der Waals surface area contributed by atoms with Gasteiger partial charge in [0.05, 0.1) is 16.4 Å². The molecular weight excluding hydrogens is 371 g/mol. The molecule has 1 heterocycles. The van der Waals surface area contributed by atoms with Gasteiger partial charge in [0.1, 0.15) is 5.82 Å². The van der Waals surface area contributed by atoms with Crippen molar-refractivity contribution in [1.29, 1.82) is 0 Å². The van der Waals surface area contributed by atoms with Gasteiger partial charge in [0.25, 0.3) is 0 Å². The van der Waals surface area contributed by atoms with Crippen LogP contribution in [0.5, 0.6) is 0 Å². The normalized spacial score (nSPS) is 18.7. The molecule has 2 nitrogen and oxygen atoms in total. The summed E-state index contributed by atoms with van der Waals surface area (Å²) in [6, 6.07) is 6.45. The summed E-state index contributed by atoms with van der Waals surface area (Å²) in [7, 11) is 0. The van der Waals surface area contributed by atoms with Gasteiger partial charge in [0.2, 0.25) is 0 Å². The second kappa shape index (κ2) is 5.24. The Morgan fingerprint density at radius 3 is 2.79 bits per heavy atom. The third-order valence-corrected chi connectivity index (χ3v) is 4.86. The van der Waals surface area contributed by atoms with Gasteiger partial charge in [-0.05, 0) is 72.4 Å². The number of fused-ring (bicyclic) bond motifs is 1. The van der Waals surface area contributed by atoms with Crippen molar-refractivity contribution >= 4 is 45.2 Å². The van der Waals surface area contributed by atoms with Gasteiger partial charge >= 0.3 is 0 Å². The van der Waals surface area contributed by atoms with E-state index in [1.54, 1.807) is 0 Å². The monoisotopic (exact) mass is 388 g/mol. The smallest absolute Gasteiger partial charge is 0.127 e. The van der Waals surface area contributed by atoms with Gasteiger partial charge < -0.3 is 4.57 Å². The Morgan fingerprint density at radius 1 is 1.42 bits per heavy atom. The van der Waals surface area contributed by atoms with Crippen LogP contribution in [0.1, 0.15) is 37.9 Å². The summed E-state index contributed by atoms with van der Waals surface area (Å²) in [5.74, 6) is 2.62. The van der Waals surface area contributed by atoms with E-state index in [4.69, 9.17) is 16.6 Å². The predicted molar refractivity (Wildman–Crippen MR) is 88.6 cm³/mol. The van der Waals surface area contributed by atoms with Gasteiger partial charge in [-0.3, -0.25) is 0 Å². The Morgan fingerprint density at radius 2 is 2.16 bits per heavy atom. The molecule has 0 spiro atoms. The average molecular weight is 389 g/mol. The van der Waals surface area contributed by atoms with E-state index < -0.39 is 0 Å². The first-order valence-corrected chi connectivity index (χ1v) is 8.37. The van der Waals surface area contributed by atoms with Crippen molar-refractivity contribution in [2.75, 3.05) is 0 Å². The highest BCUT2D eigenvalue weighted by Gasteiger charge is 2.29. The predicted octanol–water partition coefficient (Wildman–Crippen LogP) is 4.99. The molecule has 1 saturated carbocycles. The van der Waals surface area contributed by atoms with E-state index in [1.165, 1.54) is 21.9 Å². The maximum Gasteiger partial charge on any atom is 0.127 e. The molecule has 0 bridgehead atoms. The van der Waals surface area contributed by atoms with Crippen LogP contribution in [-0.2, 0) is 6.54 Å². The lowest BCUT2D eigenvalue weighted by Crippen LogP contribution is -2.12. The first-order chi connectivity index (χ1) is 9.06. The number of rotatable bonds is 4. The molecule has 0 aliphatic heterocycles. The van der Waals surface area contributed by atoms with Gasteiger partial charge in [-0.15, -0.1) is 11.6 Å². The molecule has 19 heavy (non-hydrogen) atoms. The number of hydrogen-bond acceptors (Lipinski definition) is 1. The summed E-state index contributed by atoms with van der Waals surface area (Å²) in [4.78, 5) is 4.73. The maximum absolute atomic E-state index is 6.31.